The van der Waals surface area contributed by atoms with Crippen molar-refractivity contribution in [2.75, 3.05) is 7.05 Å². The second-order valence-electron chi connectivity index (χ2n) is 4.78. The van der Waals surface area contributed by atoms with E-state index >= 15 is 0 Å². The zero-order chi connectivity index (χ0) is 13.0. The lowest BCUT2D eigenvalue weighted by atomic mass is 9.84. The molecule has 1 aromatic rings. The summed E-state index contributed by atoms with van der Waals surface area (Å²) in [6.45, 7) is 1.77. The molecule has 4 heteroatoms. The summed E-state index contributed by atoms with van der Waals surface area (Å²) in [6.07, 6.45) is -0.808. The zero-order valence-corrected chi connectivity index (χ0v) is 10.2. The zero-order valence-electron chi connectivity index (χ0n) is 10.2. The first-order valence-electron chi connectivity index (χ1n) is 5.87. The maximum Gasteiger partial charge on any atom is 0.210 e. The fourth-order valence-electron chi connectivity index (χ4n) is 2.77. The van der Waals surface area contributed by atoms with Gasteiger partial charge in [-0.15, -0.1) is 0 Å². The monoisotopic (exact) mass is 243 g/mol. The summed E-state index contributed by atoms with van der Waals surface area (Å²) >= 11 is 0. The van der Waals surface area contributed by atoms with Crippen LogP contribution in [-0.2, 0) is 0 Å². The van der Waals surface area contributed by atoms with E-state index in [2.05, 4.69) is 0 Å². The minimum Gasteiger partial charge on any atom is -0.373 e. The molecule has 0 amide bonds. The molecule has 0 fully saturated rings. The van der Waals surface area contributed by atoms with E-state index in [9.17, 15) is 14.7 Å². The van der Waals surface area contributed by atoms with Gasteiger partial charge in [-0.2, -0.15) is 0 Å². The van der Waals surface area contributed by atoms with Crippen molar-refractivity contribution >= 4 is 11.6 Å². The molecular weight excluding hydrogens is 230 g/mol. The number of nitrogens with zero attached hydrogens (tertiary/aromatic N) is 1. The molecule has 1 aliphatic carbocycles. The van der Waals surface area contributed by atoms with E-state index in [1.807, 2.05) is 0 Å². The number of hydrogen-bond acceptors (Lipinski definition) is 4. The number of fused-ring (bicyclic) bond motifs is 1. The van der Waals surface area contributed by atoms with Crippen molar-refractivity contribution < 1.29 is 14.7 Å². The van der Waals surface area contributed by atoms with Gasteiger partial charge in [-0.05, 0) is 0 Å². The van der Waals surface area contributed by atoms with Crippen LogP contribution in [0.3, 0.4) is 0 Å². The number of aliphatic hydroxyl groups excluding tert-OH is 1. The number of benzene rings is 1. The Balaban J connectivity index is 2.25. The van der Waals surface area contributed by atoms with Crippen LogP contribution in [-0.4, -0.2) is 34.8 Å². The van der Waals surface area contributed by atoms with Crippen molar-refractivity contribution in [3.05, 3.63) is 46.7 Å². The van der Waals surface area contributed by atoms with E-state index in [1.54, 1.807) is 38.2 Å². The van der Waals surface area contributed by atoms with Crippen LogP contribution in [0.4, 0.5) is 0 Å². The van der Waals surface area contributed by atoms with Crippen LogP contribution in [0.1, 0.15) is 27.6 Å². The molecule has 0 saturated heterocycles. The third-order valence-corrected chi connectivity index (χ3v) is 3.78. The van der Waals surface area contributed by atoms with Gasteiger partial charge in [-0.25, -0.2) is 0 Å². The number of carbonyl (C=O) groups is 2. The van der Waals surface area contributed by atoms with Crippen molar-refractivity contribution in [3.63, 3.8) is 0 Å². The molecule has 18 heavy (non-hydrogen) atoms. The third-order valence-electron chi connectivity index (χ3n) is 3.78. The van der Waals surface area contributed by atoms with E-state index in [0.717, 1.165) is 0 Å². The number of ketones is 2. The van der Waals surface area contributed by atoms with Crippen LogP contribution < -0.4 is 0 Å². The summed E-state index contributed by atoms with van der Waals surface area (Å²) in [7, 11) is 1.64. The maximum atomic E-state index is 12.4. The van der Waals surface area contributed by atoms with E-state index in [4.69, 9.17) is 0 Å². The highest BCUT2D eigenvalue weighted by atomic mass is 16.3. The maximum absolute atomic E-state index is 12.4. The molecule has 3 rings (SSSR count). The fourth-order valence-corrected chi connectivity index (χ4v) is 2.77. The second kappa shape index (κ2) is 3.53. The normalized spacial score (nSPS) is 26.5. The van der Waals surface area contributed by atoms with E-state index < -0.39 is 6.23 Å². The van der Waals surface area contributed by atoms with Crippen LogP contribution in [0.2, 0.25) is 0 Å². The molecule has 2 atom stereocenters. The number of aliphatic hydroxyl groups is 1. The SMILES string of the molecule is CC1C2=C(C(=O)c3ccccc3C2=O)N(C)C1O. The smallest absolute Gasteiger partial charge is 0.210 e. The number of allylic oxidation sites excluding steroid dienone is 1. The number of carbonyl (C=O) groups excluding carboxylic acids is 2. The molecule has 1 N–H and O–H groups in total. The summed E-state index contributed by atoms with van der Waals surface area (Å²) in [5, 5.41) is 9.99. The molecule has 4 nitrogen and oxygen atoms in total. The van der Waals surface area contributed by atoms with Crippen molar-refractivity contribution in [3.8, 4) is 0 Å². The van der Waals surface area contributed by atoms with Crippen LogP contribution >= 0.6 is 0 Å². The summed E-state index contributed by atoms with van der Waals surface area (Å²) in [4.78, 5) is 26.3. The lowest BCUT2D eigenvalue weighted by molar-refractivity contribution is 0.0314. The lowest BCUT2D eigenvalue weighted by Gasteiger charge is -2.22. The molecule has 0 radical (unpaired) electrons. The highest BCUT2D eigenvalue weighted by molar-refractivity contribution is 6.27. The number of Topliss-reactive ketones (excluding diaryl/α,β-unsaturated/α-hetero) is 2. The molecule has 2 aliphatic rings. The minimum absolute atomic E-state index is 0.142. The van der Waals surface area contributed by atoms with Gasteiger partial charge < -0.3 is 10.0 Å². The quantitative estimate of drug-likeness (QED) is 0.744. The molecule has 1 aliphatic heterocycles. The topological polar surface area (TPSA) is 57.6 Å². The number of rotatable bonds is 0. The van der Waals surface area contributed by atoms with Gasteiger partial charge in [0.2, 0.25) is 5.78 Å². The predicted octanol–water partition coefficient (Wildman–Crippen LogP) is 1.22. The average Bonchev–Trinajstić information content (AvgIpc) is 2.61. The molecule has 0 aromatic heterocycles. The van der Waals surface area contributed by atoms with Crippen LogP contribution in [0.5, 0.6) is 0 Å². The van der Waals surface area contributed by atoms with Crippen molar-refractivity contribution in [1.29, 1.82) is 0 Å². The first-order chi connectivity index (χ1) is 8.54. The summed E-state index contributed by atoms with van der Waals surface area (Å²) in [5.41, 5.74) is 1.65. The van der Waals surface area contributed by atoms with Crippen molar-refractivity contribution in [2.45, 2.75) is 13.2 Å². The predicted molar refractivity (Wildman–Crippen MR) is 65.1 cm³/mol. The van der Waals surface area contributed by atoms with Crippen molar-refractivity contribution in [1.82, 2.24) is 4.90 Å². The number of likely N-dealkylation sites (N-methyl/N-ethyl adjacent to an activating group) is 1. The Labute approximate surface area is 105 Å². The Morgan fingerprint density at radius 1 is 1.11 bits per heavy atom. The van der Waals surface area contributed by atoms with Gasteiger partial charge in [0.05, 0.1) is 5.70 Å². The van der Waals surface area contributed by atoms with Gasteiger partial charge in [-0.3, -0.25) is 9.59 Å². The highest BCUT2D eigenvalue weighted by Gasteiger charge is 2.45. The largest absolute Gasteiger partial charge is 0.373 e. The second-order valence-corrected chi connectivity index (χ2v) is 4.78. The van der Waals surface area contributed by atoms with Gasteiger partial charge in [-0.1, -0.05) is 31.2 Å². The Hall–Kier alpha value is -1.94. The van der Waals surface area contributed by atoms with Crippen LogP contribution in [0.15, 0.2) is 35.5 Å². The molecule has 1 heterocycles. The van der Waals surface area contributed by atoms with E-state index in [0.29, 0.717) is 22.4 Å². The van der Waals surface area contributed by atoms with Gasteiger partial charge in [0.1, 0.15) is 6.23 Å². The highest BCUT2D eigenvalue weighted by Crippen LogP contribution is 2.39. The van der Waals surface area contributed by atoms with E-state index in [-0.39, 0.29) is 17.5 Å². The van der Waals surface area contributed by atoms with E-state index in [1.165, 1.54) is 4.90 Å². The van der Waals surface area contributed by atoms with Crippen molar-refractivity contribution in [2.24, 2.45) is 5.92 Å². The molecule has 2 unspecified atom stereocenters. The number of hydrogen-bond donors (Lipinski definition) is 1. The molecule has 0 saturated carbocycles. The first kappa shape index (κ1) is 11.2. The Morgan fingerprint density at radius 3 is 2.28 bits per heavy atom. The fraction of sp³-hybridized carbons (Fsp3) is 0.286. The Morgan fingerprint density at radius 2 is 1.67 bits per heavy atom. The van der Waals surface area contributed by atoms with Gasteiger partial charge >= 0.3 is 0 Å². The molecule has 0 bridgehead atoms. The molecule has 0 spiro atoms. The Bertz CT molecular complexity index is 552. The standard InChI is InChI=1S/C14H13NO3/c1-7-10-11(15(2)14(7)18)13(17)9-6-4-3-5-8(9)12(10)16/h3-7,14,18H,1-2H3. The first-order valence-corrected chi connectivity index (χ1v) is 5.87. The van der Waals surface area contributed by atoms with Crippen LogP contribution in [0, 0.1) is 5.92 Å². The summed E-state index contributed by atoms with van der Waals surface area (Å²) < 4.78 is 0. The van der Waals surface area contributed by atoms with Gasteiger partial charge in [0, 0.05) is 29.7 Å². The molecule has 92 valence electrons. The molecular formula is C14H13NO3. The lowest BCUT2D eigenvalue weighted by Crippen LogP contribution is -2.31. The Kier molecular flexibility index (Phi) is 2.19. The molecule has 1 aromatic carbocycles. The van der Waals surface area contributed by atoms with Crippen LogP contribution in [0.25, 0.3) is 0 Å². The van der Waals surface area contributed by atoms with Gasteiger partial charge in [0.25, 0.3) is 0 Å². The summed E-state index contributed by atoms with van der Waals surface area (Å²) in [6, 6.07) is 6.80. The summed E-state index contributed by atoms with van der Waals surface area (Å²) in [5.74, 6) is -0.656. The third kappa shape index (κ3) is 1.18. The average molecular weight is 243 g/mol. The van der Waals surface area contributed by atoms with Gasteiger partial charge in [0.15, 0.2) is 5.78 Å². The minimum atomic E-state index is -0.808.